The lowest BCUT2D eigenvalue weighted by Crippen LogP contribution is -2.07. The standard InChI is InChI=1S/C12H13ClFN3/c1-2-11-8(6-15)7-16-17(11)12-9(13)4-3-5-10(12)14/h3-5,7H,2,6,15H2,1H3. The van der Waals surface area contributed by atoms with Gasteiger partial charge in [-0.1, -0.05) is 24.6 Å². The third kappa shape index (κ3) is 2.06. The number of rotatable bonds is 3. The van der Waals surface area contributed by atoms with Crippen LogP contribution in [0.1, 0.15) is 18.2 Å². The first-order valence-electron chi connectivity index (χ1n) is 5.39. The molecule has 1 heterocycles. The van der Waals surface area contributed by atoms with Crippen molar-refractivity contribution in [3.63, 3.8) is 0 Å². The van der Waals surface area contributed by atoms with Crippen molar-refractivity contribution in [3.8, 4) is 5.69 Å². The van der Waals surface area contributed by atoms with Gasteiger partial charge in [-0.3, -0.25) is 0 Å². The molecule has 0 unspecified atom stereocenters. The Hall–Kier alpha value is -1.39. The van der Waals surface area contributed by atoms with Gasteiger partial charge in [-0.05, 0) is 18.6 Å². The quantitative estimate of drug-likeness (QED) is 0.914. The summed E-state index contributed by atoms with van der Waals surface area (Å²) in [5.74, 6) is -0.390. The molecule has 0 saturated heterocycles. The van der Waals surface area contributed by atoms with Gasteiger partial charge in [-0.15, -0.1) is 0 Å². The summed E-state index contributed by atoms with van der Waals surface area (Å²) >= 11 is 6.01. The topological polar surface area (TPSA) is 43.8 Å². The number of halogens is 2. The highest BCUT2D eigenvalue weighted by molar-refractivity contribution is 6.32. The van der Waals surface area contributed by atoms with E-state index in [1.54, 1.807) is 18.3 Å². The Kier molecular flexibility index (Phi) is 3.45. The monoisotopic (exact) mass is 253 g/mol. The maximum atomic E-state index is 13.8. The first-order chi connectivity index (χ1) is 8.19. The highest BCUT2D eigenvalue weighted by Crippen LogP contribution is 2.25. The van der Waals surface area contributed by atoms with E-state index >= 15 is 0 Å². The van der Waals surface area contributed by atoms with Gasteiger partial charge in [0.25, 0.3) is 0 Å². The van der Waals surface area contributed by atoms with Crippen LogP contribution in [-0.2, 0) is 13.0 Å². The van der Waals surface area contributed by atoms with Crippen LogP contribution >= 0.6 is 11.6 Å². The molecule has 90 valence electrons. The molecule has 0 bridgehead atoms. The molecular formula is C12H13ClFN3. The molecule has 2 N–H and O–H groups in total. The second kappa shape index (κ2) is 4.85. The first-order valence-corrected chi connectivity index (χ1v) is 5.77. The Labute approximate surface area is 104 Å². The molecule has 3 nitrogen and oxygen atoms in total. The minimum atomic E-state index is -0.390. The molecule has 0 aliphatic rings. The predicted molar refractivity (Wildman–Crippen MR) is 65.8 cm³/mol. The fourth-order valence-electron chi connectivity index (χ4n) is 1.84. The van der Waals surface area contributed by atoms with Crippen molar-refractivity contribution in [2.45, 2.75) is 19.9 Å². The largest absolute Gasteiger partial charge is 0.326 e. The second-order valence-electron chi connectivity index (χ2n) is 3.66. The summed E-state index contributed by atoms with van der Waals surface area (Å²) in [5.41, 5.74) is 7.69. The average molecular weight is 254 g/mol. The average Bonchev–Trinajstić information content (AvgIpc) is 2.71. The van der Waals surface area contributed by atoms with E-state index in [1.807, 2.05) is 6.92 Å². The summed E-state index contributed by atoms with van der Waals surface area (Å²) in [6.07, 6.45) is 2.37. The third-order valence-corrected chi connectivity index (χ3v) is 2.96. The van der Waals surface area contributed by atoms with E-state index in [-0.39, 0.29) is 11.5 Å². The fraction of sp³-hybridized carbons (Fsp3) is 0.250. The number of nitrogens with two attached hydrogens (primary N) is 1. The maximum absolute atomic E-state index is 13.8. The van der Waals surface area contributed by atoms with E-state index in [4.69, 9.17) is 17.3 Å². The van der Waals surface area contributed by atoms with E-state index in [9.17, 15) is 4.39 Å². The molecule has 17 heavy (non-hydrogen) atoms. The Morgan fingerprint density at radius 3 is 2.82 bits per heavy atom. The molecule has 0 aliphatic carbocycles. The molecule has 0 spiro atoms. The van der Waals surface area contributed by atoms with Gasteiger partial charge in [0.15, 0.2) is 0 Å². The Bertz CT molecular complexity index is 516. The minimum Gasteiger partial charge on any atom is -0.326 e. The summed E-state index contributed by atoms with van der Waals surface area (Å²) in [5, 5.41) is 4.50. The van der Waals surface area contributed by atoms with Gasteiger partial charge in [-0.25, -0.2) is 9.07 Å². The van der Waals surface area contributed by atoms with Crippen molar-refractivity contribution in [1.82, 2.24) is 9.78 Å². The van der Waals surface area contributed by atoms with Crippen molar-refractivity contribution < 1.29 is 4.39 Å². The molecule has 0 atom stereocenters. The molecule has 2 rings (SSSR count). The fourth-order valence-corrected chi connectivity index (χ4v) is 2.08. The normalized spacial score (nSPS) is 10.8. The van der Waals surface area contributed by atoms with E-state index in [0.29, 0.717) is 11.6 Å². The van der Waals surface area contributed by atoms with Crippen molar-refractivity contribution in [1.29, 1.82) is 0 Å². The van der Waals surface area contributed by atoms with Crippen molar-refractivity contribution in [3.05, 3.63) is 46.5 Å². The lowest BCUT2D eigenvalue weighted by Gasteiger charge is -2.10. The van der Waals surface area contributed by atoms with Crippen LogP contribution in [0.4, 0.5) is 4.39 Å². The van der Waals surface area contributed by atoms with E-state index in [1.165, 1.54) is 10.7 Å². The summed E-state index contributed by atoms with van der Waals surface area (Å²) in [6, 6.07) is 4.58. The van der Waals surface area contributed by atoms with Gasteiger partial charge in [0.1, 0.15) is 11.5 Å². The maximum Gasteiger partial charge on any atom is 0.150 e. The molecule has 0 saturated carbocycles. The Morgan fingerprint density at radius 1 is 1.47 bits per heavy atom. The molecule has 0 aliphatic heterocycles. The van der Waals surface area contributed by atoms with Gasteiger partial charge in [-0.2, -0.15) is 5.10 Å². The molecule has 1 aromatic carbocycles. The van der Waals surface area contributed by atoms with Crippen LogP contribution in [0.15, 0.2) is 24.4 Å². The van der Waals surface area contributed by atoms with Crippen LogP contribution < -0.4 is 5.73 Å². The number of hydrogen-bond acceptors (Lipinski definition) is 2. The Morgan fingerprint density at radius 2 is 2.24 bits per heavy atom. The number of hydrogen-bond donors (Lipinski definition) is 1. The molecule has 0 fully saturated rings. The van der Waals surface area contributed by atoms with Gasteiger partial charge < -0.3 is 5.73 Å². The lowest BCUT2D eigenvalue weighted by atomic mass is 10.2. The first kappa shape index (κ1) is 12.1. The van der Waals surface area contributed by atoms with E-state index < -0.39 is 0 Å². The van der Waals surface area contributed by atoms with Crippen LogP contribution in [-0.4, -0.2) is 9.78 Å². The SMILES string of the molecule is CCc1c(CN)cnn1-c1c(F)cccc1Cl. The van der Waals surface area contributed by atoms with Crippen molar-refractivity contribution >= 4 is 11.6 Å². The van der Waals surface area contributed by atoms with Crippen molar-refractivity contribution in [2.24, 2.45) is 5.73 Å². The number of para-hydroxylation sites is 1. The highest BCUT2D eigenvalue weighted by atomic mass is 35.5. The zero-order chi connectivity index (χ0) is 12.4. The Balaban J connectivity index is 2.64. The smallest absolute Gasteiger partial charge is 0.150 e. The second-order valence-corrected chi connectivity index (χ2v) is 4.06. The summed E-state index contributed by atoms with van der Waals surface area (Å²) in [7, 11) is 0. The van der Waals surface area contributed by atoms with Gasteiger partial charge >= 0.3 is 0 Å². The number of benzene rings is 1. The van der Waals surface area contributed by atoms with Crippen LogP contribution in [0.5, 0.6) is 0 Å². The van der Waals surface area contributed by atoms with Gasteiger partial charge in [0.2, 0.25) is 0 Å². The van der Waals surface area contributed by atoms with Crippen LogP contribution in [0.2, 0.25) is 5.02 Å². The summed E-state index contributed by atoms with van der Waals surface area (Å²) in [4.78, 5) is 0. The molecule has 0 amide bonds. The number of nitrogens with zero attached hydrogens (tertiary/aromatic N) is 2. The van der Waals surface area contributed by atoms with Crippen LogP contribution in [0, 0.1) is 5.82 Å². The molecule has 5 heteroatoms. The molecule has 0 radical (unpaired) electrons. The van der Waals surface area contributed by atoms with E-state index in [0.717, 1.165) is 17.7 Å². The van der Waals surface area contributed by atoms with Crippen LogP contribution in [0.3, 0.4) is 0 Å². The predicted octanol–water partition coefficient (Wildman–Crippen LogP) is 2.69. The van der Waals surface area contributed by atoms with E-state index in [2.05, 4.69) is 5.10 Å². The zero-order valence-electron chi connectivity index (χ0n) is 9.45. The minimum absolute atomic E-state index is 0.283. The number of aromatic nitrogens is 2. The van der Waals surface area contributed by atoms with Crippen molar-refractivity contribution in [2.75, 3.05) is 0 Å². The summed E-state index contributed by atoms with van der Waals surface area (Å²) < 4.78 is 15.3. The summed E-state index contributed by atoms with van der Waals surface area (Å²) in [6.45, 7) is 2.36. The zero-order valence-corrected chi connectivity index (χ0v) is 10.2. The van der Waals surface area contributed by atoms with Crippen LogP contribution in [0.25, 0.3) is 5.69 Å². The molecular weight excluding hydrogens is 241 g/mol. The highest BCUT2D eigenvalue weighted by Gasteiger charge is 2.15. The van der Waals surface area contributed by atoms with Gasteiger partial charge in [0.05, 0.1) is 11.2 Å². The molecule has 1 aromatic heterocycles. The molecule has 2 aromatic rings. The lowest BCUT2D eigenvalue weighted by molar-refractivity contribution is 0.607. The third-order valence-electron chi connectivity index (χ3n) is 2.66. The van der Waals surface area contributed by atoms with Gasteiger partial charge in [0, 0.05) is 17.8 Å².